The van der Waals surface area contributed by atoms with Gasteiger partial charge in [-0.05, 0) is 44.2 Å². The summed E-state index contributed by atoms with van der Waals surface area (Å²) in [6.07, 6.45) is -0.493. The SMILES string of the molecule is CC1C(C)N(c2ccc3c(c2)OCO3)CCN1C(=O)c1ccc(S(=O)CC(=O)N2CC3(COC(=O)N3)C2)c(Cl)c1. The highest BCUT2D eigenvalue weighted by atomic mass is 35.5. The zero-order valence-corrected chi connectivity index (χ0v) is 23.6. The third-order valence-corrected chi connectivity index (χ3v) is 9.86. The summed E-state index contributed by atoms with van der Waals surface area (Å²) in [5.74, 6) is 0.743. The predicted octanol–water partition coefficient (Wildman–Crippen LogP) is 2.24. The number of halogens is 1. The Labute approximate surface area is 238 Å². The van der Waals surface area contributed by atoms with Gasteiger partial charge in [0.15, 0.2) is 11.5 Å². The van der Waals surface area contributed by atoms with Crippen LogP contribution in [0.15, 0.2) is 41.3 Å². The van der Waals surface area contributed by atoms with Gasteiger partial charge in [-0.15, -0.1) is 0 Å². The van der Waals surface area contributed by atoms with Crippen LogP contribution in [-0.4, -0.2) is 94.9 Å². The van der Waals surface area contributed by atoms with Gasteiger partial charge in [-0.3, -0.25) is 13.8 Å². The van der Waals surface area contributed by atoms with Gasteiger partial charge in [0.1, 0.15) is 17.9 Å². The molecule has 212 valence electrons. The molecule has 0 bridgehead atoms. The molecule has 3 unspecified atom stereocenters. The Bertz CT molecular complexity index is 1420. The summed E-state index contributed by atoms with van der Waals surface area (Å²) in [7, 11) is -1.69. The topological polar surface area (TPSA) is 118 Å². The Balaban J connectivity index is 1.08. The van der Waals surface area contributed by atoms with Gasteiger partial charge in [0.05, 0.1) is 20.7 Å². The van der Waals surface area contributed by atoms with E-state index in [0.717, 1.165) is 17.2 Å². The number of hydrogen-bond donors (Lipinski definition) is 1. The first-order valence-corrected chi connectivity index (χ1v) is 14.7. The van der Waals surface area contributed by atoms with Crippen LogP contribution in [0.2, 0.25) is 5.02 Å². The highest BCUT2D eigenvalue weighted by Gasteiger charge is 2.51. The van der Waals surface area contributed by atoms with Gasteiger partial charge in [0.2, 0.25) is 12.7 Å². The fourth-order valence-electron chi connectivity index (χ4n) is 5.65. The van der Waals surface area contributed by atoms with Crippen LogP contribution in [0, 0.1) is 0 Å². The van der Waals surface area contributed by atoms with E-state index in [-0.39, 0.29) is 48.1 Å². The van der Waals surface area contributed by atoms with Crippen molar-refractivity contribution in [1.82, 2.24) is 15.1 Å². The third kappa shape index (κ3) is 4.72. The zero-order chi connectivity index (χ0) is 28.2. The molecule has 6 rings (SSSR count). The summed E-state index contributed by atoms with van der Waals surface area (Å²) in [5.41, 5.74) is 0.863. The van der Waals surface area contributed by atoms with Crippen LogP contribution in [0.25, 0.3) is 0 Å². The number of amides is 3. The number of hydrogen-bond acceptors (Lipinski definition) is 8. The van der Waals surface area contributed by atoms with E-state index >= 15 is 0 Å². The molecule has 3 amide bonds. The molecule has 2 aromatic rings. The molecule has 11 nitrogen and oxygen atoms in total. The number of nitrogens with one attached hydrogen (secondary N) is 1. The van der Waals surface area contributed by atoms with Crippen molar-refractivity contribution in [2.45, 2.75) is 36.4 Å². The fraction of sp³-hybridized carbons (Fsp3) is 0.444. The Hall–Kier alpha value is -3.51. The summed E-state index contributed by atoms with van der Waals surface area (Å²) in [6.45, 7) is 6.31. The minimum atomic E-state index is -1.69. The monoisotopic (exact) mass is 588 g/mol. The number of benzene rings is 2. The molecular weight excluding hydrogens is 560 g/mol. The van der Waals surface area contributed by atoms with E-state index in [2.05, 4.69) is 17.1 Å². The first-order chi connectivity index (χ1) is 19.1. The number of alkyl carbamates (subject to hydrolysis) is 1. The lowest BCUT2D eigenvalue weighted by Crippen LogP contribution is -2.70. The number of cyclic esters (lactones) is 1. The van der Waals surface area contributed by atoms with E-state index in [4.69, 9.17) is 25.8 Å². The molecule has 13 heteroatoms. The molecule has 4 aliphatic rings. The second-order valence-corrected chi connectivity index (χ2v) is 12.4. The van der Waals surface area contributed by atoms with E-state index in [1.54, 1.807) is 12.1 Å². The van der Waals surface area contributed by atoms with Crippen molar-refractivity contribution < 1.29 is 32.8 Å². The molecule has 3 atom stereocenters. The summed E-state index contributed by atoms with van der Waals surface area (Å²) in [5, 5.41) is 2.89. The first-order valence-electron chi connectivity index (χ1n) is 13.0. The van der Waals surface area contributed by atoms with Crippen molar-refractivity contribution in [2.24, 2.45) is 0 Å². The molecule has 0 aromatic heterocycles. The van der Waals surface area contributed by atoms with Crippen molar-refractivity contribution >= 4 is 46.0 Å². The largest absolute Gasteiger partial charge is 0.454 e. The highest BCUT2D eigenvalue weighted by Crippen LogP contribution is 2.37. The number of piperazine rings is 1. The van der Waals surface area contributed by atoms with Gasteiger partial charge in [-0.25, -0.2) is 4.79 Å². The van der Waals surface area contributed by atoms with Crippen LogP contribution in [0.1, 0.15) is 24.2 Å². The molecular formula is C27H29ClN4O7S. The van der Waals surface area contributed by atoms with Gasteiger partial charge in [0.25, 0.3) is 5.91 Å². The standard InChI is InChI=1S/C27H29ClN4O7S/c1-16-17(2)32(8-7-31(16)19-4-5-21-22(10-19)39-15-38-21)25(34)18-3-6-23(20(28)9-18)40(36)11-24(33)30-12-27(13-30)14-37-26(35)29-27/h3-6,9-10,16-17H,7-8,11-15H2,1-2H3,(H,29,35). The Morgan fingerprint density at radius 3 is 2.55 bits per heavy atom. The smallest absolute Gasteiger partial charge is 0.407 e. The van der Waals surface area contributed by atoms with Crippen LogP contribution in [0.5, 0.6) is 11.5 Å². The molecule has 0 radical (unpaired) electrons. The Kier molecular flexibility index (Phi) is 6.78. The summed E-state index contributed by atoms with van der Waals surface area (Å²) in [4.78, 5) is 43.3. The molecule has 1 spiro atoms. The first kappa shape index (κ1) is 26.7. The molecule has 0 saturated carbocycles. The highest BCUT2D eigenvalue weighted by molar-refractivity contribution is 7.85. The van der Waals surface area contributed by atoms with Gasteiger partial charge >= 0.3 is 6.09 Å². The second-order valence-electron chi connectivity index (χ2n) is 10.6. The van der Waals surface area contributed by atoms with Crippen LogP contribution in [-0.2, 0) is 20.3 Å². The number of carbonyl (C=O) groups is 3. The van der Waals surface area contributed by atoms with Crippen LogP contribution >= 0.6 is 11.6 Å². The van der Waals surface area contributed by atoms with Gasteiger partial charge in [0, 0.05) is 55.6 Å². The van der Waals surface area contributed by atoms with Crippen molar-refractivity contribution in [2.75, 3.05) is 50.2 Å². The lowest BCUT2D eigenvalue weighted by molar-refractivity contribution is -0.136. The van der Waals surface area contributed by atoms with Crippen LogP contribution in [0.4, 0.5) is 10.5 Å². The fourth-order valence-corrected chi connectivity index (χ4v) is 7.14. The number of fused-ring (bicyclic) bond motifs is 1. The summed E-state index contributed by atoms with van der Waals surface area (Å²) >= 11 is 6.46. The van der Waals surface area contributed by atoms with E-state index in [1.165, 1.54) is 11.0 Å². The second kappa shape index (κ2) is 10.2. The number of ether oxygens (including phenoxy) is 3. The van der Waals surface area contributed by atoms with E-state index in [1.807, 2.05) is 30.0 Å². The normalized spacial score (nSPS) is 23.5. The molecule has 3 fully saturated rings. The number of anilines is 1. The summed E-state index contributed by atoms with van der Waals surface area (Å²) in [6, 6.07) is 10.5. The Morgan fingerprint density at radius 1 is 1.05 bits per heavy atom. The third-order valence-electron chi connectivity index (χ3n) is 8.08. The maximum Gasteiger partial charge on any atom is 0.407 e. The summed E-state index contributed by atoms with van der Waals surface area (Å²) < 4.78 is 28.8. The lowest BCUT2D eigenvalue weighted by Gasteiger charge is -2.46. The van der Waals surface area contributed by atoms with Gasteiger partial charge in [-0.2, -0.15) is 0 Å². The van der Waals surface area contributed by atoms with Crippen LogP contribution in [0.3, 0.4) is 0 Å². The van der Waals surface area contributed by atoms with Crippen molar-refractivity contribution in [3.63, 3.8) is 0 Å². The van der Waals surface area contributed by atoms with E-state index in [0.29, 0.717) is 36.6 Å². The molecule has 3 saturated heterocycles. The van der Waals surface area contributed by atoms with Crippen molar-refractivity contribution in [1.29, 1.82) is 0 Å². The zero-order valence-electron chi connectivity index (χ0n) is 22.1. The quantitative estimate of drug-likeness (QED) is 0.565. The molecule has 2 aromatic carbocycles. The van der Waals surface area contributed by atoms with Crippen molar-refractivity contribution in [3.05, 3.63) is 47.0 Å². The average molecular weight is 589 g/mol. The number of likely N-dealkylation sites (tertiary alicyclic amines) is 1. The van der Waals surface area contributed by atoms with Crippen molar-refractivity contribution in [3.8, 4) is 11.5 Å². The van der Waals surface area contributed by atoms with E-state index < -0.39 is 22.4 Å². The van der Waals surface area contributed by atoms with Crippen LogP contribution < -0.4 is 19.7 Å². The average Bonchev–Trinajstić information content (AvgIpc) is 3.55. The minimum Gasteiger partial charge on any atom is -0.454 e. The molecule has 40 heavy (non-hydrogen) atoms. The number of nitrogens with zero attached hydrogens (tertiary/aromatic N) is 3. The maximum atomic E-state index is 13.5. The number of carbonyl (C=O) groups excluding carboxylic acids is 3. The molecule has 1 N–H and O–H groups in total. The predicted molar refractivity (Wildman–Crippen MR) is 146 cm³/mol. The number of rotatable bonds is 5. The molecule has 4 heterocycles. The van der Waals surface area contributed by atoms with E-state index in [9.17, 15) is 18.6 Å². The lowest BCUT2D eigenvalue weighted by atomic mass is 9.92. The molecule has 4 aliphatic heterocycles. The Morgan fingerprint density at radius 2 is 1.82 bits per heavy atom. The maximum absolute atomic E-state index is 13.5. The van der Waals surface area contributed by atoms with Gasteiger partial charge < -0.3 is 34.2 Å². The van der Waals surface area contributed by atoms with Gasteiger partial charge in [-0.1, -0.05) is 11.6 Å². The molecule has 0 aliphatic carbocycles. The minimum absolute atomic E-state index is 0.0380.